The van der Waals surface area contributed by atoms with Crippen molar-refractivity contribution in [1.82, 2.24) is 4.98 Å². The molecule has 4 heteroatoms. The molecule has 0 N–H and O–H groups in total. The van der Waals surface area contributed by atoms with E-state index in [4.69, 9.17) is 11.6 Å². The number of hydrogen-bond acceptors (Lipinski definition) is 2. The molecule has 11 heavy (non-hydrogen) atoms. The van der Waals surface area contributed by atoms with Gasteiger partial charge < -0.3 is 0 Å². The van der Waals surface area contributed by atoms with Gasteiger partial charge in [0.1, 0.15) is 11.5 Å². The van der Waals surface area contributed by atoms with Crippen molar-refractivity contribution >= 4 is 17.4 Å². The molecule has 1 heterocycles. The molecule has 1 rings (SSSR count). The van der Waals surface area contributed by atoms with Crippen LogP contribution in [0.3, 0.4) is 0 Å². The van der Waals surface area contributed by atoms with Crippen LogP contribution >= 0.6 is 11.6 Å². The molecule has 0 bridgehead atoms. The minimum Gasteiger partial charge on any atom is -0.291 e. The number of alkyl halides is 1. The van der Waals surface area contributed by atoms with Gasteiger partial charge in [0.25, 0.3) is 0 Å². The van der Waals surface area contributed by atoms with Gasteiger partial charge in [0.2, 0.25) is 0 Å². The quantitative estimate of drug-likeness (QED) is 0.503. The average molecular weight is 174 g/mol. The van der Waals surface area contributed by atoms with E-state index in [0.29, 0.717) is 0 Å². The number of rotatable bonds is 2. The first-order valence-electron chi connectivity index (χ1n) is 2.95. The van der Waals surface area contributed by atoms with E-state index in [9.17, 15) is 9.18 Å². The van der Waals surface area contributed by atoms with E-state index in [1.54, 1.807) is 0 Å². The van der Waals surface area contributed by atoms with Gasteiger partial charge in [-0.2, -0.15) is 0 Å². The Morgan fingerprint density at radius 2 is 2.45 bits per heavy atom. The molecule has 0 saturated heterocycles. The number of carbonyl (C=O) groups is 1. The van der Waals surface area contributed by atoms with Crippen LogP contribution in [0.25, 0.3) is 0 Å². The first-order valence-corrected chi connectivity index (χ1v) is 3.48. The largest absolute Gasteiger partial charge is 0.291 e. The van der Waals surface area contributed by atoms with Gasteiger partial charge in [0.15, 0.2) is 5.78 Å². The zero-order valence-electron chi connectivity index (χ0n) is 5.55. The van der Waals surface area contributed by atoms with Gasteiger partial charge >= 0.3 is 0 Å². The van der Waals surface area contributed by atoms with E-state index in [0.717, 1.165) is 6.07 Å². The van der Waals surface area contributed by atoms with Crippen LogP contribution in [-0.4, -0.2) is 16.6 Å². The summed E-state index contributed by atoms with van der Waals surface area (Å²) in [6.07, 6.45) is 1.23. The van der Waals surface area contributed by atoms with Crippen molar-refractivity contribution in [3.05, 3.63) is 29.8 Å². The molecule has 1 aromatic heterocycles. The number of hydrogen-bond donors (Lipinski definition) is 0. The van der Waals surface area contributed by atoms with Crippen LogP contribution in [0.15, 0.2) is 18.3 Å². The van der Waals surface area contributed by atoms with E-state index in [1.807, 2.05) is 0 Å². The highest BCUT2D eigenvalue weighted by Crippen LogP contribution is 2.00. The lowest BCUT2D eigenvalue weighted by atomic mass is 10.3. The second kappa shape index (κ2) is 3.44. The molecule has 0 aliphatic carbocycles. The van der Waals surface area contributed by atoms with Gasteiger partial charge in [-0.3, -0.25) is 9.78 Å². The zero-order chi connectivity index (χ0) is 8.27. The number of pyridine rings is 1. The third kappa shape index (κ3) is 1.98. The van der Waals surface area contributed by atoms with Gasteiger partial charge in [-0.15, -0.1) is 11.6 Å². The predicted molar refractivity (Wildman–Crippen MR) is 39.2 cm³/mol. The van der Waals surface area contributed by atoms with E-state index in [-0.39, 0.29) is 17.4 Å². The summed E-state index contributed by atoms with van der Waals surface area (Å²) >= 11 is 5.23. The lowest BCUT2D eigenvalue weighted by Gasteiger charge is -1.93. The third-order valence-electron chi connectivity index (χ3n) is 1.13. The van der Waals surface area contributed by atoms with E-state index in [1.165, 1.54) is 12.3 Å². The summed E-state index contributed by atoms with van der Waals surface area (Å²) in [5.41, 5.74) is 0.0694. The fraction of sp³-hybridized carbons (Fsp3) is 0.143. The Kier molecular flexibility index (Phi) is 2.54. The van der Waals surface area contributed by atoms with Crippen molar-refractivity contribution in [2.24, 2.45) is 0 Å². The van der Waals surface area contributed by atoms with Crippen molar-refractivity contribution in [3.8, 4) is 0 Å². The standard InChI is InChI=1S/C7H5ClFNO/c8-4-7(11)6-3-5(9)1-2-10-6/h1-3H,4H2. The number of ketones is 1. The highest BCUT2D eigenvalue weighted by atomic mass is 35.5. The lowest BCUT2D eigenvalue weighted by molar-refractivity contribution is 0.101. The van der Waals surface area contributed by atoms with Crippen LogP contribution < -0.4 is 0 Å². The first kappa shape index (κ1) is 8.14. The Morgan fingerprint density at radius 3 is 3.00 bits per heavy atom. The number of nitrogens with zero attached hydrogens (tertiary/aromatic N) is 1. The van der Waals surface area contributed by atoms with Crippen molar-refractivity contribution in [3.63, 3.8) is 0 Å². The van der Waals surface area contributed by atoms with E-state index < -0.39 is 5.82 Å². The summed E-state index contributed by atoms with van der Waals surface area (Å²) in [5.74, 6) is -1.02. The average Bonchev–Trinajstić information content (AvgIpc) is 2.03. The Bertz CT molecular complexity index is 277. The van der Waals surface area contributed by atoms with Gasteiger partial charge in [-0.25, -0.2) is 4.39 Å². The second-order valence-electron chi connectivity index (χ2n) is 1.92. The molecule has 0 atom stereocenters. The number of aromatic nitrogens is 1. The van der Waals surface area contributed by atoms with Crippen LogP contribution in [0, 0.1) is 5.82 Å². The highest BCUT2D eigenvalue weighted by Gasteiger charge is 2.05. The molecule has 0 fully saturated rings. The van der Waals surface area contributed by atoms with Crippen LogP contribution in [-0.2, 0) is 0 Å². The molecule has 0 radical (unpaired) electrons. The predicted octanol–water partition coefficient (Wildman–Crippen LogP) is 1.64. The van der Waals surface area contributed by atoms with Crippen LogP contribution in [0.1, 0.15) is 10.5 Å². The van der Waals surface area contributed by atoms with Gasteiger partial charge in [0, 0.05) is 12.3 Å². The molecule has 58 valence electrons. The molecule has 0 aromatic carbocycles. The topological polar surface area (TPSA) is 30.0 Å². The van der Waals surface area contributed by atoms with Crippen molar-refractivity contribution in [2.75, 3.05) is 5.88 Å². The molecule has 0 aliphatic rings. The summed E-state index contributed by atoms with van der Waals surface area (Å²) in [7, 11) is 0. The molecule has 1 aromatic rings. The maximum atomic E-state index is 12.4. The second-order valence-corrected chi connectivity index (χ2v) is 2.18. The van der Waals surface area contributed by atoms with Gasteiger partial charge in [0.05, 0.1) is 5.88 Å². The minimum absolute atomic E-state index is 0.0694. The molecule has 2 nitrogen and oxygen atoms in total. The molecule has 0 aliphatic heterocycles. The number of halogens is 2. The summed E-state index contributed by atoms with van der Waals surface area (Å²) in [6.45, 7) is 0. The SMILES string of the molecule is O=C(CCl)c1cc(F)ccn1. The monoisotopic (exact) mass is 173 g/mol. The lowest BCUT2D eigenvalue weighted by Crippen LogP contribution is -2.03. The van der Waals surface area contributed by atoms with Gasteiger partial charge in [-0.05, 0) is 6.07 Å². The normalized spacial score (nSPS) is 9.64. The van der Waals surface area contributed by atoms with Crippen LogP contribution in [0.4, 0.5) is 4.39 Å². The maximum absolute atomic E-state index is 12.4. The third-order valence-corrected chi connectivity index (χ3v) is 1.37. The fourth-order valence-electron chi connectivity index (χ4n) is 0.626. The fourth-order valence-corrected chi connectivity index (χ4v) is 0.763. The minimum atomic E-state index is -0.478. The summed E-state index contributed by atoms with van der Waals surface area (Å²) in [4.78, 5) is 14.4. The number of carbonyl (C=O) groups excluding carboxylic acids is 1. The Morgan fingerprint density at radius 1 is 1.73 bits per heavy atom. The smallest absolute Gasteiger partial charge is 0.195 e. The summed E-state index contributed by atoms with van der Waals surface area (Å²) in [5, 5.41) is 0. The highest BCUT2D eigenvalue weighted by molar-refractivity contribution is 6.30. The molecule has 0 saturated carbocycles. The molecular weight excluding hydrogens is 169 g/mol. The molecular formula is C7H5ClFNO. The van der Waals surface area contributed by atoms with Crippen LogP contribution in [0.5, 0.6) is 0 Å². The molecule has 0 spiro atoms. The summed E-state index contributed by atoms with van der Waals surface area (Å²) < 4.78 is 12.4. The maximum Gasteiger partial charge on any atom is 0.195 e. The van der Waals surface area contributed by atoms with Crippen molar-refractivity contribution in [1.29, 1.82) is 0 Å². The molecule has 0 amide bonds. The zero-order valence-corrected chi connectivity index (χ0v) is 6.31. The van der Waals surface area contributed by atoms with Gasteiger partial charge in [-0.1, -0.05) is 0 Å². The summed E-state index contributed by atoms with van der Waals surface area (Å²) in [6, 6.07) is 2.23. The Labute approximate surface area is 68.0 Å². The van der Waals surface area contributed by atoms with Crippen molar-refractivity contribution in [2.45, 2.75) is 0 Å². The Hall–Kier alpha value is -0.960. The van der Waals surface area contributed by atoms with E-state index in [2.05, 4.69) is 4.98 Å². The van der Waals surface area contributed by atoms with E-state index >= 15 is 0 Å². The first-order chi connectivity index (χ1) is 5.24. The number of Topliss-reactive ketones (excluding diaryl/α,β-unsaturated/α-hetero) is 1. The van der Waals surface area contributed by atoms with Crippen molar-refractivity contribution < 1.29 is 9.18 Å². The Balaban J connectivity index is 2.96. The molecule has 0 unspecified atom stereocenters. The van der Waals surface area contributed by atoms with Crippen LogP contribution in [0.2, 0.25) is 0 Å².